The zero-order chi connectivity index (χ0) is 28.0. The maximum atomic E-state index is 14.6. The molecule has 0 fully saturated rings. The zero-order valence-electron chi connectivity index (χ0n) is 19.1. The van der Waals surface area contributed by atoms with Gasteiger partial charge in [0.05, 0.1) is 0 Å². The van der Waals surface area contributed by atoms with E-state index in [4.69, 9.17) is 22.9 Å². The summed E-state index contributed by atoms with van der Waals surface area (Å²) in [7, 11) is 0. The van der Waals surface area contributed by atoms with Gasteiger partial charge in [-0.15, -0.1) is 0 Å². The fourth-order valence-corrected chi connectivity index (χ4v) is 4.29. The molecule has 0 aliphatic rings. The van der Waals surface area contributed by atoms with Crippen LogP contribution in [0.3, 0.4) is 0 Å². The quantitative estimate of drug-likeness (QED) is 0.182. The van der Waals surface area contributed by atoms with Gasteiger partial charge >= 0.3 is 0 Å². The summed E-state index contributed by atoms with van der Waals surface area (Å²) in [6.45, 7) is 0. The highest BCUT2D eigenvalue weighted by Gasteiger charge is 2.33. The Bertz CT molecular complexity index is 1250. The highest BCUT2D eigenvalue weighted by atomic mass is 19.2. The van der Waals surface area contributed by atoms with Crippen LogP contribution < -0.4 is 22.9 Å². The van der Waals surface area contributed by atoms with Gasteiger partial charge in [-0.2, -0.15) is 0 Å². The SMILES string of the molecule is Nc1c(F)cc(C(c2cc(F)c(N)c(F)c2)C(c2cc(F)c(N)c(F)c2)c2cc(F)c(N)c(F)c2)cc1F. The third-order valence-corrected chi connectivity index (χ3v) is 6.18. The van der Waals surface area contributed by atoms with Gasteiger partial charge in [0.2, 0.25) is 0 Å². The van der Waals surface area contributed by atoms with Crippen LogP contribution >= 0.6 is 0 Å². The second kappa shape index (κ2) is 9.77. The van der Waals surface area contributed by atoms with Crippen LogP contribution in [-0.2, 0) is 0 Å². The lowest BCUT2D eigenvalue weighted by Gasteiger charge is -2.30. The van der Waals surface area contributed by atoms with Gasteiger partial charge in [-0.25, -0.2) is 35.1 Å². The van der Waals surface area contributed by atoms with Gasteiger partial charge in [-0.3, -0.25) is 0 Å². The molecule has 12 heteroatoms. The fraction of sp³-hybridized carbons (Fsp3) is 0.0769. The van der Waals surface area contributed by atoms with Crippen LogP contribution in [0, 0.1) is 46.5 Å². The Morgan fingerprint density at radius 1 is 0.316 bits per heavy atom. The number of rotatable bonds is 5. The molecule has 4 rings (SSSR count). The van der Waals surface area contributed by atoms with E-state index in [1.54, 1.807) is 0 Å². The highest BCUT2D eigenvalue weighted by Crippen LogP contribution is 2.46. The third kappa shape index (κ3) is 4.64. The fourth-order valence-electron chi connectivity index (χ4n) is 4.29. The largest absolute Gasteiger partial charge is 0.394 e. The van der Waals surface area contributed by atoms with Crippen molar-refractivity contribution in [1.29, 1.82) is 0 Å². The summed E-state index contributed by atoms with van der Waals surface area (Å²) in [5.74, 6) is -13.4. The minimum Gasteiger partial charge on any atom is -0.394 e. The van der Waals surface area contributed by atoms with Crippen molar-refractivity contribution < 1.29 is 35.1 Å². The van der Waals surface area contributed by atoms with E-state index in [0.29, 0.717) is 0 Å². The summed E-state index contributed by atoms with van der Waals surface area (Å²) in [5.41, 5.74) is 16.5. The van der Waals surface area contributed by atoms with Crippen molar-refractivity contribution >= 4 is 22.7 Å². The van der Waals surface area contributed by atoms with Crippen LogP contribution in [-0.4, -0.2) is 0 Å². The predicted molar refractivity (Wildman–Crippen MR) is 127 cm³/mol. The summed E-state index contributed by atoms with van der Waals surface area (Å²) >= 11 is 0. The minimum absolute atomic E-state index is 0.349. The van der Waals surface area contributed by atoms with Crippen molar-refractivity contribution in [3.63, 3.8) is 0 Å². The number of nitrogen functional groups attached to an aromatic ring is 4. The van der Waals surface area contributed by atoms with E-state index in [-0.39, 0.29) is 22.3 Å². The van der Waals surface area contributed by atoms with E-state index < -0.39 is 81.1 Å². The molecule has 0 unspecified atom stereocenters. The lowest BCUT2D eigenvalue weighted by molar-refractivity contribution is 0.557. The molecule has 38 heavy (non-hydrogen) atoms. The Kier molecular flexibility index (Phi) is 6.83. The van der Waals surface area contributed by atoms with Crippen molar-refractivity contribution in [2.45, 2.75) is 11.8 Å². The molecule has 0 aliphatic carbocycles. The van der Waals surface area contributed by atoms with Gasteiger partial charge in [-0.1, -0.05) is 0 Å². The molecule has 4 aromatic carbocycles. The Morgan fingerprint density at radius 3 is 0.579 bits per heavy atom. The summed E-state index contributed by atoms with van der Waals surface area (Å²) in [5, 5.41) is 0. The van der Waals surface area contributed by atoms with E-state index in [9.17, 15) is 35.1 Å². The summed E-state index contributed by atoms with van der Waals surface area (Å²) in [4.78, 5) is 0. The Morgan fingerprint density at radius 2 is 0.447 bits per heavy atom. The van der Waals surface area contributed by atoms with Crippen molar-refractivity contribution in [3.05, 3.63) is 117 Å². The lowest BCUT2D eigenvalue weighted by Crippen LogP contribution is -2.18. The van der Waals surface area contributed by atoms with Gasteiger partial charge in [0, 0.05) is 11.8 Å². The Hall–Kier alpha value is -4.48. The zero-order valence-corrected chi connectivity index (χ0v) is 19.1. The van der Waals surface area contributed by atoms with E-state index in [0.717, 1.165) is 48.5 Å². The molecule has 0 saturated heterocycles. The Balaban J connectivity index is 2.14. The van der Waals surface area contributed by atoms with Gasteiger partial charge in [0.15, 0.2) is 0 Å². The third-order valence-electron chi connectivity index (χ3n) is 6.18. The van der Waals surface area contributed by atoms with Crippen LogP contribution in [0.1, 0.15) is 34.1 Å². The molecule has 198 valence electrons. The molecule has 0 atom stereocenters. The molecular formula is C26H18F8N4. The predicted octanol–water partition coefficient (Wildman–Crippen LogP) is 6.09. The van der Waals surface area contributed by atoms with Crippen molar-refractivity contribution in [2.24, 2.45) is 0 Å². The van der Waals surface area contributed by atoms with Gasteiger partial charge in [-0.05, 0) is 70.8 Å². The number of halogens is 8. The molecule has 0 heterocycles. The van der Waals surface area contributed by atoms with Crippen molar-refractivity contribution in [1.82, 2.24) is 0 Å². The van der Waals surface area contributed by atoms with E-state index in [2.05, 4.69) is 0 Å². The highest BCUT2D eigenvalue weighted by molar-refractivity contribution is 5.55. The smallest absolute Gasteiger partial charge is 0.149 e. The van der Waals surface area contributed by atoms with Crippen LogP contribution in [0.4, 0.5) is 57.9 Å². The average molecular weight is 538 g/mol. The van der Waals surface area contributed by atoms with E-state index in [1.807, 2.05) is 0 Å². The molecule has 8 N–H and O–H groups in total. The van der Waals surface area contributed by atoms with Crippen molar-refractivity contribution in [3.8, 4) is 0 Å². The van der Waals surface area contributed by atoms with E-state index >= 15 is 0 Å². The monoisotopic (exact) mass is 538 g/mol. The molecule has 4 aromatic rings. The van der Waals surface area contributed by atoms with Crippen LogP contribution in [0.2, 0.25) is 0 Å². The van der Waals surface area contributed by atoms with Crippen LogP contribution in [0.15, 0.2) is 48.5 Å². The first-order valence-electron chi connectivity index (χ1n) is 10.8. The molecule has 4 nitrogen and oxygen atoms in total. The Labute approximate surface area is 210 Å². The average Bonchev–Trinajstić information content (AvgIpc) is 2.85. The standard InChI is InChI=1S/C26H18F8N4/c27-13-1-9(2-14(28)23(13)35)21(10-3-15(29)24(36)16(30)4-10)22(11-5-17(31)25(37)18(32)6-11)12-7-19(33)26(38)20(34)8-12/h1-8,21-22H,35-38H2. The first kappa shape index (κ1) is 26.6. The molecular weight excluding hydrogens is 520 g/mol. The number of hydrogen-bond acceptors (Lipinski definition) is 4. The minimum atomic E-state index is -1.62. The topological polar surface area (TPSA) is 104 Å². The second-order valence-corrected chi connectivity index (χ2v) is 8.55. The van der Waals surface area contributed by atoms with Gasteiger partial charge in [0.1, 0.15) is 69.3 Å². The van der Waals surface area contributed by atoms with Gasteiger partial charge < -0.3 is 22.9 Å². The second-order valence-electron chi connectivity index (χ2n) is 8.55. The normalized spacial score (nSPS) is 11.5. The van der Waals surface area contributed by atoms with Gasteiger partial charge in [0.25, 0.3) is 0 Å². The number of benzene rings is 4. The molecule has 0 aromatic heterocycles. The first-order valence-corrected chi connectivity index (χ1v) is 10.8. The van der Waals surface area contributed by atoms with E-state index in [1.165, 1.54) is 0 Å². The summed E-state index contributed by atoms with van der Waals surface area (Å²) in [6, 6.07) is 5.75. The lowest BCUT2D eigenvalue weighted by atomic mass is 9.73. The molecule has 0 spiro atoms. The maximum absolute atomic E-state index is 14.6. The number of hydrogen-bond donors (Lipinski definition) is 4. The molecule has 0 saturated carbocycles. The molecule has 0 bridgehead atoms. The summed E-state index contributed by atoms with van der Waals surface area (Å²) in [6.07, 6.45) is 0. The molecule has 0 aliphatic heterocycles. The maximum Gasteiger partial charge on any atom is 0.149 e. The number of nitrogens with two attached hydrogens (primary N) is 4. The molecule has 0 radical (unpaired) electrons. The van der Waals surface area contributed by atoms with Crippen LogP contribution in [0.5, 0.6) is 0 Å². The molecule has 0 amide bonds. The van der Waals surface area contributed by atoms with Crippen molar-refractivity contribution in [2.75, 3.05) is 22.9 Å². The first-order chi connectivity index (χ1) is 17.8. The summed E-state index contributed by atoms with van der Waals surface area (Å²) < 4.78 is 117. The number of anilines is 4. The van der Waals surface area contributed by atoms with Crippen LogP contribution in [0.25, 0.3) is 0 Å².